The van der Waals surface area contributed by atoms with Gasteiger partial charge in [0.1, 0.15) is 0 Å². The van der Waals surface area contributed by atoms with E-state index in [4.69, 9.17) is 5.73 Å². The minimum Gasteiger partial charge on any atom is -0.329 e. The molecule has 0 rings (SSSR count). The average Bonchev–Trinajstić information content (AvgIpc) is 1.96. The number of rotatable bonds is 4. The molecule has 0 radical (unpaired) electrons. The molecule has 0 saturated carbocycles. The molecule has 0 aromatic heterocycles. The van der Waals surface area contributed by atoms with Crippen LogP contribution >= 0.6 is 0 Å². The quantitative estimate of drug-likeness (QED) is 0.754. The summed E-state index contributed by atoms with van der Waals surface area (Å²) in [6.45, 7) is -1.12. The van der Waals surface area contributed by atoms with Crippen molar-refractivity contribution in [3.63, 3.8) is 0 Å². The topological polar surface area (TPSA) is 29.3 Å². The molecule has 0 saturated heterocycles. The fourth-order valence-electron chi connectivity index (χ4n) is 1.02. The second kappa shape index (κ2) is 5.02. The van der Waals surface area contributed by atoms with E-state index < -0.39 is 24.8 Å². The van der Waals surface area contributed by atoms with Gasteiger partial charge >= 0.3 is 12.4 Å². The summed E-state index contributed by atoms with van der Waals surface area (Å²) in [6.07, 6.45) is -10.6. The predicted molar refractivity (Wildman–Crippen MR) is 42.2 cm³/mol. The summed E-state index contributed by atoms with van der Waals surface area (Å²) in [7, 11) is 1.16. The first kappa shape index (κ1) is 14.5. The minimum atomic E-state index is -5.28. The van der Waals surface area contributed by atoms with Crippen LogP contribution in [0.25, 0.3) is 0 Å². The van der Waals surface area contributed by atoms with Crippen LogP contribution < -0.4 is 5.73 Å². The van der Waals surface area contributed by atoms with Crippen LogP contribution in [0.3, 0.4) is 0 Å². The third-order valence-corrected chi connectivity index (χ3v) is 1.80. The summed E-state index contributed by atoms with van der Waals surface area (Å²) < 4.78 is 72.2. The molecule has 15 heavy (non-hydrogen) atoms. The smallest absolute Gasteiger partial charge is 0.329 e. The number of nitrogens with two attached hydrogens (primary N) is 1. The zero-order valence-corrected chi connectivity index (χ0v) is 7.99. The van der Waals surface area contributed by atoms with E-state index in [1.165, 1.54) is 0 Å². The second-order valence-electron chi connectivity index (χ2n) is 3.19. The van der Waals surface area contributed by atoms with E-state index in [0.717, 1.165) is 11.9 Å². The van der Waals surface area contributed by atoms with Crippen molar-refractivity contribution in [1.29, 1.82) is 0 Å². The molecule has 0 fully saturated rings. The van der Waals surface area contributed by atoms with Crippen LogP contribution in [0.5, 0.6) is 0 Å². The number of hydrogen-bond acceptors (Lipinski definition) is 2. The Morgan fingerprint density at radius 3 is 1.73 bits per heavy atom. The van der Waals surface area contributed by atoms with E-state index in [0.29, 0.717) is 0 Å². The molecule has 8 heteroatoms. The highest BCUT2D eigenvalue weighted by molar-refractivity contribution is 4.78. The Morgan fingerprint density at radius 1 is 1.07 bits per heavy atom. The fraction of sp³-hybridized carbons (Fsp3) is 1.00. The first-order valence-electron chi connectivity index (χ1n) is 4.11. The molecule has 0 amide bonds. The third kappa shape index (κ3) is 5.22. The average molecular weight is 238 g/mol. The van der Waals surface area contributed by atoms with Gasteiger partial charge in [-0.1, -0.05) is 0 Å². The first-order valence-corrected chi connectivity index (χ1v) is 4.11. The molecule has 0 aliphatic carbocycles. The minimum absolute atomic E-state index is 0.0112. The lowest BCUT2D eigenvalue weighted by molar-refractivity contribution is -0.286. The van der Waals surface area contributed by atoms with E-state index in [1.807, 2.05) is 0 Å². The Bertz CT molecular complexity index is 173. The van der Waals surface area contributed by atoms with E-state index in [-0.39, 0.29) is 13.1 Å². The maximum atomic E-state index is 12.0. The van der Waals surface area contributed by atoms with E-state index in [9.17, 15) is 26.3 Å². The predicted octanol–water partition coefficient (Wildman–Crippen LogP) is 1.62. The molecule has 0 unspecified atom stereocenters. The molecule has 0 bridgehead atoms. The Balaban J connectivity index is 4.54. The Morgan fingerprint density at radius 2 is 1.47 bits per heavy atom. The summed E-state index contributed by atoms with van der Waals surface area (Å²) in [6, 6.07) is 0. The number of halogens is 6. The molecule has 0 aromatic carbocycles. The molecule has 2 nitrogen and oxygen atoms in total. The van der Waals surface area contributed by atoms with Crippen LogP contribution in [0.1, 0.15) is 0 Å². The lowest BCUT2D eigenvalue weighted by atomic mass is 10.1. The molecule has 0 atom stereocenters. The number of nitrogens with zero attached hydrogens (tertiary/aromatic N) is 1. The molecule has 92 valence electrons. The van der Waals surface area contributed by atoms with Gasteiger partial charge in [0.25, 0.3) is 0 Å². The van der Waals surface area contributed by atoms with Gasteiger partial charge in [-0.2, -0.15) is 26.3 Å². The van der Waals surface area contributed by atoms with Crippen molar-refractivity contribution in [2.45, 2.75) is 12.4 Å². The number of alkyl halides is 6. The summed E-state index contributed by atoms with van der Waals surface area (Å²) in [4.78, 5) is 0.908. The van der Waals surface area contributed by atoms with Crippen molar-refractivity contribution < 1.29 is 26.3 Å². The van der Waals surface area contributed by atoms with Gasteiger partial charge in [0.05, 0.1) is 0 Å². The second-order valence-corrected chi connectivity index (χ2v) is 3.19. The maximum absolute atomic E-state index is 12.0. The number of hydrogen-bond donors (Lipinski definition) is 1. The molecule has 0 aliphatic rings. The van der Waals surface area contributed by atoms with Crippen molar-refractivity contribution in [2.24, 2.45) is 11.7 Å². The zero-order chi connectivity index (χ0) is 12.3. The summed E-state index contributed by atoms with van der Waals surface area (Å²) in [5.41, 5.74) is 5.02. The molecular formula is C7H12F6N2. The highest BCUT2D eigenvalue weighted by Crippen LogP contribution is 2.39. The van der Waals surface area contributed by atoms with E-state index >= 15 is 0 Å². The van der Waals surface area contributed by atoms with Crippen molar-refractivity contribution in [3.05, 3.63) is 0 Å². The highest BCUT2D eigenvalue weighted by Gasteiger charge is 2.56. The van der Waals surface area contributed by atoms with Gasteiger partial charge in [0.2, 0.25) is 0 Å². The summed E-state index contributed by atoms with van der Waals surface area (Å²) in [5.74, 6) is -3.32. The van der Waals surface area contributed by atoms with Crippen LogP contribution in [0.4, 0.5) is 26.3 Å². The summed E-state index contributed by atoms with van der Waals surface area (Å²) in [5, 5.41) is 0. The van der Waals surface area contributed by atoms with Gasteiger partial charge in [-0.15, -0.1) is 0 Å². The van der Waals surface area contributed by atoms with Crippen molar-refractivity contribution in [2.75, 3.05) is 26.7 Å². The van der Waals surface area contributed by atoms with Crippen LogP contribution in [0.15, 0.2) is 0 Å². The Kier molecular flexibility index (Phi) is 4.85. The van der Waals surface area contributed by atoms with Crippen molar-refractivity contribution >= 4 is 0 Å². The third-order valence-electron chi connectivity index (χ3n) is 1.80. The van der Waals surface area contributed by atoms with Gasteiger partial charge in [-0.05, 0) is 7.05 Å². The molecule has 2 N–H and O–H groups in total. The molecule has 0 heterocycles. The zero-order valence-electron chi connectivity index (χ0n) is 7.99. The van der Waals surface area contributed by atoms with Crippen molar-refractivity contribution in [1.82, 2.24) is 4.90 Å². The van der Waals surface area contributed by atoms with E-state index in [1.54, 1.807) is 0 Å². The van der Waals surface area contributed by atoms with Gasteiger partial charge in [0.15, 0.2) is 5.92 Å². The number of likely N-dealkylation sites (N-methyl/N-ethyl adjacent to an activating group) is 1. The highest BCUT2D eigenvalue weighted by atomic mass is 19.4. The standard InChI is InChI=1S/C7H12F6N2/c1-15(3-2-14)4-5(6(8,9)10)7(11,12)13/h5H,2-4,14H2,1H3. The van der Waals surface area contributed by atoms with Crippen LogP contribution in [0, 0.1) is 5.92 Å². The van der Waals surface area contributed by atoms with Crippen LogP contribution in [0.2, 0.25) is 0 Å². The van der Waals surface area contributed by atoms with Gasteiger partial charge < -0.3 is 10.6 Å². The molecular weight excluding hydrogens is 226 g/mol. The van der Waals surface area contributed by atoms with Crippen molar-refractivity contribution in [3.8, 4) is 0 Å². The molecule has 0 aromatic rings. The first-order chi connectivity index (χ1) is 6.59. The van der Waals surface area contributed by atoms with Gasteiger partial charge in [-0.25, -0.2) is 0 Å². The lowest BCUT2D eigenvalue weighted by Crippen LogP contribution is -2.45. The fourth-order valence-corrected chi connectivity index (χ4v) is 1.02. The Labute approximate surface area is 83.0 Å². The van der Waals surface area contributed by atoms with Crippen LogP contribution in [-0.2, 0) is 0 Å². The van der Waals surface area contributed by atoms with Gasteiger partial charge in [-0.3, -0.25) is 0 Å². The van der Waals surface area contributed by atoms with Gasteiger partial charge in [0, 0.05) is 19.6 Å². The summed E-state index contributed by atoms with van der Waals surface area (Å²) >= 11 is 0. The Hall–Kier alpha value is -0.500. The molecule has 0 spiro atoms. The van der Waals surface area contributed by atoms with E-state index in [2.05, 4.69) is 0 Å². The lowest BCUT2D eigenvalue weighted by Gasteiger charge is -2.27. The normalized spacial score (nSPS) is 14.0. The van der Waals surface area contributed by atoms with Crippen LogP contribution in [-0.4, -0.2) is 43.9 Å². The monoisotopic (exact) mass is 238 g/mol. The maximum Gasteiger partial charge on any atom is 0.401 e. The molecule has 0 aliphatic heterocycles. The largest absolute Gasteiger partial charge is 0.401 e. The SMILES string of the molecule is CN(CCN)CC(C(F)(F)F)C(F)(F)F.